The third kappa shape index (κ3) is 4.07. The van der Waals surface area contributed by atoms with Crippen molar-refractivity contribution < 1.29 is 9.63 Å². The summed E-state index contributed by atoms with van der Waals surface area (Å²) < 4.78 is 4.96. The molecule has 2 N–H and O–H groups in total. The third-order valence-electron chi connectivity index (χ3n) is 2.89. The molecule has 0 saturated carbocycles. The van der Waals surface area contributed by atoms with Crippen LogP contribution in [0, 0.1) is 6.92 Å². The van der Waals surface area contributed by atoms with Crippen LogP contribution in [0.3, 0.4) is 0 Å². The van der Waals surface area contributed by atoms with Gasteiger partial charge in [0.05, 0.1) is 12.6 Å². The Balaban J connectivity index is 1.60. The van der Waals surface area contributed by atoms with E-state index in [1.165, 1.54) is 12.8 Å². The van der Waals surface area contributed by atoms with E-state index in [1.54, 1.807) is 6.92 Å². The van der Waals surface area contributed by atoms with Crippen LogP contribution < -0.4 is 5.32 Å². The zero-order chi connectivity index (χ0) is 12.1. The molecule has 0 radical (unpaired) electrons. The molecule has 2 heterocycles. The average Bonchev–Trinajstić information content (AvgIpc) is 2.90. The zero-order valence-corrected chi connectivity index (χ0v) is 10.2. The third-order valence-corrected chi connectivity index (χ3v) is 2.89. The average molecular weight is 240 g/mol. The minimum Gasteiger partial charge on any atom is -0.390 e. The monoisotopic (exact) mass is 240 g/mol. The lowest BCUT2D eigenvalue weighted by Crippen LogP contribution is -2.36. The summed E-state index contributed by atoms with van der Waals surface area (Å²) in [5.74, 6) is 1.20. The molecule has 1 fully saturated rings. The second kappa shape index (κ2) is 6.09. The van der Waals surface area contributed by atoms with E-state index in [9.17, 15) is 5.11 Å². The van der Waals surface area contributed by atoms with Gasteiger partial charge in [-0.3, -0.25) is 0 Å². The molecule has 1 aromatic rings. The maximum atomic E-state index is 9.82. The quantitative estimate of drug-likeness (QED) is 0.724. The second-order valence-corrected chi connectivity index (χ2v) is 4.53. The van der Waals surface area contributed by atoms with Crippen LogP contribution in [0.1, 0.15) is 24.6 Å². The van der Waals surface area contributed by atoms with Gasteiger partial charge in [-0.05, 0) is 32.9 Å². The summed E-state index contributed by atoms with van der Waals surface area (Å²) >= 11 is 0. The normalized spacial score (nSPS) is 18.7. The Labute approximate surface area is 101 Å². The molecule has 1 saturated heterocycles. The first kappa shape index (κ1) is 12.5. The number of aromatic nitrogens is 2. The van der Waals surface area contributed by atoms with Crippen LogP contribution in [0.15, 0.2) is 4.52 Å². The van der Waals surface area contributed by atoms with Gasteiger partial charge in [0.15, 0.2) is 5.82 Å². The summed E-state index contributed by atoms with van der Waals surface area (Å²) in [5.41, 5.74) is 0. The van der Waals surface area contributed by atoms with Crippen LogP contribution in [0.2, 0.25) is 0 Å². The van der Waals surface area contributed by atoms with E-state index in [1.807, 2.05) is 0 Å². The molecule has 0 aliphatic carbocycles. The molecule has 17 heavy (non-hydrogen) atoms. The van der Waals surface area contributed by atoms with Crippen molar-refractivity contribution in [2.45, 2.75) is 32.4 Å². The van der Waals surface area contributed by atoms with E-state index in [4.69, 9.17) is 4.52 Å². The summed E-state index contributed by atoms with van der Waals surface area (Å²) in [6.45, 7) is 5.82. The number of likely N-dealkylation sites (tertiary alicyclic amines) is 1. The van der Waals surface area contributed by atoms with Crippen molar-refractivity contribution in [2.24, 2.45) is 0 Å². The molecular formula is C11H20N4O2. The van der Waals surface area contributed by atoms with Gasteiger partial charge in [-0.25, -0.2) is 0 Å². The summed E-state index contributed by atoms with van der Waals surface area (Å²) in [7, 11) is 0. The van der Waals surface area contributed by atoms with Crippen molar-refractivity contribution in [3.8, 4) is 0 Å². The van der Waals surface area contributed by atoms with E-state index in [0.717, 1.165) is 19.6 Å². The zero-order valence-electron chi connectivity index (χ0n) is 10.2. The van der Waals surface area contributed by atoms with Crippen LogP contribution >= 0.6 is 0 Å². The first-order chi connectivity index (χ1) is 8.24. The van der Waals surface area contributed by atoms with Gasteiger partial charge >= 0.3 is 0 Å². The van der Waals surface area contributed by atoms with Crippen LogP contribution in [0.25, 0.3) is 0 Å². The van der Waals surface area contributed by atoms with Gasteiger partial charge < -0.3 is 19.8 Å². The number of β-amino-alcohol motifs (C(OH)–C–C–N with tert-alkyl or cyclic N) is 1. The summed E-state index contributed by atoms with van der Waals surface area (Å²) in [4.78, 5) is 6.37. The Kier molecular flexibility index (Phi) is 4.47. The van der Waals surface area contributed by atoms with E-state index in [-0.39, 0.29) is 6.10 Å². The number of aryl methyl sites for hydroxylation is 1. The van der Waals surface area contributed by atoms with Crippen LogP contribution in [0.4, 0.5) is 0 Å². The van der Waals surface area contributed by atoms with Crippen LogP contribution in [-0.4, -0.2) is 52.4 Å². The highest BCUT2D eigenvalue weighted by molar-refractivity contribution is 4.82. The fourth-order valence-corrected chi connectivity index (χ4v) is 2.09. The fourth-order valence-electron chi connectivity index (χ4n) is 2.09. The van der Waals surface area contributed by atoms with Gasteiger partial charge in [-0.2, -0.15) is 4.98 Å². The van der Waals surface area contributed by atoms with E-state index >= 15 is 0 Å². The Morgan fingerprint density at radius 1 is 1.47 bits per heavy atom. The van der Waals surface area contributed by atoms with Gasteiger partial charge in [0.2, 0.25) is 5.89 Å². The number of aliphatic hydroxyl groups excluding tert-OH is 1. The maximum absolute atomic E-state index is 9.82. The number of rotatable bonds is 6. The molecular weight excluding hydrogens is 220 g/mol. The minimum absolute atomic E-state index is 0.336. The highest BCUT2D eigenvalue weighted by Crippen LogP contribution is 2.07. The number of aliphatic hydroxyl groups is 1. The molecule has 1 unspecified atom stereocenters. The number of nitrogens with zero attached hydrogens (tertiary/aromatic N) is 3. The first-order valence-corrected chi connectivity index (χ1v) is 6.14. The molecule has 6 heteroatoms. The van der Waals surface area contributed by atoms with Crippen molar-refractivity contribution in [1.29, 1.82) is 0 Å². The first-order valence-electron chi connectivity index (χ1n) is 6.14. The molecule has 0 amide bonds. The Hall–Kier alpha value is -0.980. The summed E-state index contributed by atoms with van der Waals surface area (Å²) in [6, 6.07) is 0. The highest BCUT2D eigenvalue weighted by Gasteiger charge is 2.15. The van der Waals surface area contributed by atoms with Crippen molar-refractivity contribution in [1.82, 2.24) is 20.4 Å². The molecule has 0 spiro atoms. The molecule has 1 aliphatic rings. The Bertz CT molecular complexity index is 336. The van der Waals surface area contributed by atoms with E-state index in [0.29, 0.717) is 24.8 Å². The van der Waals surface area contributed by atoms with Crippen LogP contribution in [0.5, 0.6) is 0 Å². The molecule has 1 atom stereocenters. The lowest BCUT2D eigenvalue weighted by molar-refractivity contribution is 0.122. The van der Waals surface area contributed by atoms with Crippen LogP contribution in [-0.2, 0) is 6.54 Å². The molecule has 96 valence electrons. The van der Waals surface area contributed by atoms with Gasteiger partial charge in [0.1, 0.15) is 0 Å². The molecule has 0 aromatic carbocycles. The van der Waals surface area contributed by atoms with E-state index in [2.05, 4.69) is 20.4 Å². The Morgan fingerprint density at radius 2 is 2.24 bits per heavy atom. The van der Waals surface area contributed by atoms with Gasteiger partial charge in [0, 0.05) is 13.1 Å². The number of hydrogen-bond donors (Lipinski definition) is 2. The molecule has 1 aliphatic heterocycles. The van der Waals surface area contributed by atoms with Gasteiger partial charge in [-0.1, -0.05) is 5.16 Å². The largest absolute Gasteiger partial charge is 0.390 e. The predicted octanol–water partition coefficient (Wildman–Crippen LogP) is -0.0757. The standard InChI is InChI=1S/C11H20N4O2/c1-9-13-11(17-14-9)7-12-6-10(16)8-15-4-2-3-5-15/h10,12,16H,2-8H2,1H3. The van der Waals surface area contributed by atoms with Crippen molar-refractivity contribution in [2.75, 3.05) is 26.2 Å². The van der Waals surface area contributed by atoms with Crippen molar-refractivity contribution in [3.63, 3.8) is 0 Å². The smallest absolute Gasteiger partial charge is 0.240 e. The van der Waals surface area contributed by atoms with E-state index < -0.39 is 0 Å². The molecule has 6 nitrogen and oxygen atoms in total. The molecule has 2 rings (SSSR count). The SMILES string of the molecule is Cc1noc(CNCC(O)CN2CCCC2)n1. The number of hydrogen-bond acceptors (Lipinski definition) is 6. The summed E-state index contributed by atoms with van der Waals surface area (Å²) in [6.07, 6.45) is 2.17. The lowest BCUT2D eigenvalue weighted by atomic mass is 10.3. The molecule has 1 aromatic heterocycles. The van der Waals surface area contributed by atoms with Crippen molar-refractivity contribution >= 4 is 0 Å². The lowest BCUT2D eigenvalue weighted by Gasteiger charge is -2.19. The number of nitrogens with one attached hydrogen (secondary N) is 1. The Morgan fingerprint density at radius 3 is 2.88 bits per heavy atom. The summed E-state index contributed by atoms with van der Waals surface area (Å²) in [5, 5.41) is 16.6. The van der Waals surface area contributed by atoms with Crippen molar-refractivity contribution in [3.05, 3.63) is 11.7 Å². The minimum atomic E-state index is -0.336. The van der Waals surface area contributed by atoms with Gasteiger partial charge in [0.25, 0.3) is 0 Å². The topological polar surface area (TPSA) is 74.4 Å². The van der Waals surface area contributed by atoms with Gasteiger partial charge in [-0.15, -0.1) is 0 Å². The molecule has 0 bridgehead atoms. The highest BCUT2D eigenvalue weighted by atomic mass is 16.5. The maximum Gasteiger partial charge on any atom is 0.240 e. The predicted molar refractivity (Wildman–Crippen MR) is 62.4 cm³/mol. The second-order valence-electron chi connectivity index (χ2n) is 4.53. The fraction of sp³-hybridized carbons (Fsp3) is 0.818.